The zero-order chi connectivity index (χ0) is 27.9. The molecule has 8 nitrogen and oxygen atoms in total. The van der Waals surface area contributed by atoms with Gasteiger partial charge in [0.05, 0.1) is 37.8 Å². The Morgan fingerprint density at radius 1 is 1.21 bits per heavy atom. The second-order valence-corrected chi connectivity index (χ2v) is 9.16. The van der Waals surface area contributed by atoms with Gasteiger partial charge < -0.3 is 20.5 Å². The second-order valence-electron chi connectivity index (χ2n) is 9.16. The molecule has 2 aliphatic heterocycles. The Hall–Kier alpha value is -3.62. The minimum absolute atomic E-state index is 0.107. The van der Waals surface area contributed by atoms with Crippen LogP contribution in [0.2, 0.25) is 0 Å². The Bertz CT molecular complexity index is 1180. The van der Waals surface area contributed by atoms with Crippen LogP contribution in [0.3, 0.4) is 0 Å². The van der Waals surface area contributed by atoms with Crippen molar-refractivity contribution in [1.82, 2.24) is 10.2 Å². The Balaban J connectivity index is 0.00000195. The molecule has 0 saturated carbocycles. The van der Waals surface area contributed by atoms with Gasteiger partial charge in [-0.15, -0.1) is 0 Å². The SMILES string of the molecule is CC.CCOc1ccc(C(=O)NC2CCOc3ccc(F)cc32)cc1CN1C(=O)CC(CC)(CC)N=C1N. The first-order valence-electron chi connectivity index (χ1n) is 13.4. The van der Waals surface area contributed by atoms with Crippen molar-refractivity contribution in [3.05, 3.63) is 58.9 Å². The molecule has 0 saturated heterocycles. The number of nitrogens with zero attached hydrogens (tertiary/aromatic N) is 2. The van der Waals surface area contributed by atoms with Gasteiger partial charge in [-0.1, -0.05) is 27.7 Å². The summed E-state index contributed by atoms with van der Waals surface area (Å²) < 4.78 is 25.2. The average molecular weight is 527 g/mol. The minimum atomic E-state index is -0.471. The van der Waals surface area contributed by atoms with Crippen LogP contribution in [0.4, 0.5) is 4.39 Å². The molecular weight excluding hydrogens is 487 g/mol. The van der Waals surface area contributed by atoms with Crippen LogP contribution in [-0.2, 0) is 11.3 Å². The number of nitrogens with one attached hydrogen (secondary N) is 1. The van der Waals surface area contributed by atoms with Gasteiger partial charge >= 0.3 is 0 Å². The van der Waals surface area contributed by atoms with E-state index in [1.54, 1.807) is 24.3 Å². The van der Waals surface area contributed by atoms with Crippen molar-refractivity contribution in [2.75, 3.05) is 13.2 Å². The van der Waals surface area contributed by atoms with Gasteiger partial charge in [0, 0.05) is 23.1 Å². The number of aliphatic imine (C=N–C) groups is 1. The van der Waals surface area contributed by atoms with E-state index in [4.69, 9.17) is 15.2 Å². The van der Waals surface area contributed by atoms with Crippen molar-refractivity contribution in [3.8, 4) is 11.5 Å². The number of halogens is 1. The molecule has 2 aliphatic rings. The van der Waals surface area contributed by atoms with Crippen molar-refractivity contribution in [3.63, 3.8) is 0 Å². The molecule has 2 aromatic rings. The summed E-state index contributed by atoms with van der Waals surface area (Å²) in [5.41, 5.74) is 7.42. The largest absolute Gasteiger partial charge is 0.494 e. The first-order chi connectivity index (χ1) is 18.3. The highest BCUT2D eigenvalue weighted by Gasteiger charge is 2.37. The van der Waals surface area contributed by atoms with Gasteiger partial charge in [-0.3, -0.25) is 14.5 Å². The van der Waals surface area contributed by atoms with Crippen LogP contribution in [-0.4, -0.2) is 41.4 Å². The molecule has 0 bridgehead atoms. The molecule has 2 heterocycles. The summed E-state index contributed by atoms with van der Waals surface area (Å²) >= 11 is 0. The van der Waals surface area contributed by atoms with E-state index < -0.39 is 5.54 Å². The molecule has 0 spiro atoms. The van der Waals surface area contributed by atoms with Gasteiger partial charge in [0.2, 0.25) is 5.91 Å². The second kappa shape index (κ2) is 12.8. The summed E-state index contributed by atoms with van der Waals surface area (Å²) in [6, 6.07) is 9.01. The molecule has 206 valence electrons. The van der Waals surface area contributed by atoms with E-state index in [2.05, 4.69) is 10.3 Å². The van der Waals surface area contributed by atoms with E-state index in [0.29, 0.717) is 47.8 Å². The van der Waals surface area contributed by atoms with Crippen molar-refractivity contribution in [2.45, 2.75) is 78.4 Å². The van der Waals surface area contributed by atoms with Crippen molar-refractivity contribution < 1.29 is 23.5 Å². The highest BCUT2D eigenvalue weighted by Crippen LogP contribution is 2.34. The van der Waals surface area contributed by atoms with Crippen LogP contribution in [0.1, 0.15) is 87.8 Å². The lowest BCUT2D eigenvalue weighted by Crippen LogP contribution is -2.50. The summed E-state index contributed by atoms with van der Waals surface area (Å²) in [6.07, 6.45) is 2.26. The maximum absolute atomic E-state index is 13.8. The van der Waals surface area contributed by atoms with Crippen LogP contribution in [0, 0.1) is 5.82 Å². The summed E-state index contributed by atoms with van der Waals surface area (Å²) in [5.74, 6) is 0.494. The average Bonchev–Trinajstić information content (AvgIpc) is 2.92. The first-order valence-corrected chi connectivity index (χ1v) is 13.4. The number of hydrogen-bond acceptors (Lipinski definition) is 6. The first kappa shape index (κ1) is 28.9. The topological polar surface area (TPSA) is 106 Å². The van der Waals surface area contributed by atoms with E-state index in [1.807, 2.05) is 34.6 Å². The number of ether oxygens (including phenoxy) is 2. The number of nitrogens with two attached hydrogens (primary N) is 1. The van der Waals surface area contributed by atoms with Gasteiger partial charge in [0.15, 0.2) is 5.96 Å². The normalized spacial score (nSPS) is 17.8. The monoisotopic (exact) mass is 526 g/mol. The highest BCUT2D eigenvalue weighted by molar-refractivity contribution is 5.99. The lowest BCUT2D eigenvalue weighted by molar-refractivity contribution is -0.130. The minimum Gasteiger partial charge on any atom is -0.494 e. The molecule has 1 atom stereocenters. The summed E-state index contributed by atoms with van der Waals surface area (Å²) in [5, 5.41) is 2.99. The number of carbonyl (C=O) groups is 2. The number of amides is 2. The van der Waals surface area contributed by atoms with E-state index in [0.717, 1.165) is 12.8 Å². The summed E-state index contributed by atoms with van der Waals surface area (Å²) in [7, 11) is 0. The van der Waals surface area contributed by atoms with Gasteiger partial charge in [-0.25, -0.2) is 9.38 Å². The van der Waals surface area contributed by atoms with Crippen LogP contribution < -0.4 is 20.5 Å². The maximum atomic E-state index is 13.8. The number of benzene rings is 2. The lowest BCUT2D eigenvalue weighted by Gasteiger charge is -2.36. The fourth-order valence-electron chi connectivity index (χ4n) is 4.74. The molecule has 1 unspecified atom stereocenters. The van der Waals surface area contributed by atoms with E-state index in [-0.39, 0.29) is 42.6 Å². The van der Waals surface area contributed by atoms with Crippen LogP contribution in [0.5, 0.6) is 11.5 Å². The smallest absolute Gasteiger partial charge is 0.251 e. The third kappa shape index (κ3) is 6.26. The number of carbonyl (C=O) groups excluding carboxylic acids is 2. The molecule has 2 aromatic carbocycles. The van der Waals surface area contributed by atoms with Crippen molar-refractivity contribution in [1.29, 1.82) is 0 Å². The fourth-order valence-corrected chi connectivity index (χ4v) is 4.74. The summed E-state index contributed by atoms with van der Waals surface area (Å²) in [4.78, 5) is 32.3. The third-order valence-electron chi connectivity index (χ3n) is 6.99. The predicted octanol–water partition coefficient (Wildman–Crippen LogP) is 5.11. The predicted molar refractivity (Wildman–Crippen MR) is 146 cm³/mol. The maximum Gasteiger partial charge on any atom is 0.251 e. The van der Waals surface area contributed by atoms with E-state index >= 15 is 0 Å². The zero-order valence-electron chi connectivity index (χ0n) is 23.0. The van der Waals surface area contributed by atoms with Gasteiger partial charge in [0.1, 0.15) is 17.3 Å². The van der Waals surface area contributed by atoms with E-state index in [9.17, 15) is 14.0 Å². The highest BCUT2D eigenvalue weighted by atomic mass is 19.1. The molecular formula is C29H39FN4O4. The molecule has 0 aliphatic carbocycles. The molecule has 0 fully saturated rings. The van der Waals surface area contributed by atoms with Crippen LogP contribution >= 0.6 is 0 Å². The molecule has 0 aromatic heterocycles. The zero-order valence-corrected chi connectivity index (χ0v) is 23.0. The molecule has 3 N–H and O–H groups in total. The molecule has 38 heavy (non-hydrogen) atoms. The quantitative estimate of drug-likeness (QED) is 0.497. The van der Waals surface area contributed by atoms with Gasteiger partial charge in [-0.05, 0) is 56.2 Å². The van der Waals surface area contributed by atoms with Crippen molar-refractivity contribution >= 4 is 17.8 Å². The number of fused-ring (bicyclic) bond motifs is 1. The summed E-state index contributed by atoms with van der Waals surface area (Å²) in [6.45, 7) is 10.9. The number of guanidine groups is 1. The number of rotatable bonds is 8. The Morgan fingerprint density at radius 2 is 1.95 bits per heavy atom. The molecule has 9 heteroatoms. The van der Waals surface area contributed by atoms with Crippen molar-refractivity contribution in [2.24, 2.45) is 10.7 Å². The Labute approximate surface area is 224 Å². The Kier molecular flexibility index (Phi) is 9.72. The number of hydrogen-bond donors (Lipinski definition) is 2. The molecule has 2 amide bonds. The van der Waals surface area contributed by atoms with Crippen LogP contribution in [0.15, 0.2) is 41.4 Å². The molecule has 4 rings (SSSR count). The Morgan fingerprint density at radius 3 is 2.61 bits per heavy atom. The van der Waals surface area contributed by atoms with Gasteiger partial charge in [0.25, 0.3) is 5.91 Å². The standard InChI is InChI=1S/C27H33FN4O4.C2H6/c1-4-27(5-2)15-24(33)32(26(29)31-27)16-18-13-17(7-9-22(18)35-6-3)25(34)30-21-11-12-36-23-10-8-19(28)14-20(21)23;1-2/h7-10,13-14,21H,4-6,11-12,15-16H2,1-3H3,(H2,29,31)(H,30,34);1-2H3. The van der Waals surface area contributed by atoms with Crippen LogP contribution in [0.25, 0.3) is 0 Å². The third-order valence-corrected chi connectivity index (χ3v) is 6.99. The van der Waals surface area contributed by atoms with E-state index in [1.165, 1.54) is 17.0 Å². The van der Waals surface area contributed by atoms with Gasteiger partial charge in [-0.2, -0.15) is 0 Å². The lowest BCUT2D eigenvalue weighted by atomic mass is 9.88. The molecule has 0 radical (unpaired) electrons. The fraction of sp³-hybridized carbons (Fsp3) is 0.483.